The highest BCUT2D eigenvalue weighted by molar-refractivity contribution is 6.42. The lowest BCUT2D eigenvalue weighted by atomic mass is 10.1. The van der Waals surface area contributed by atoms with Crippen molar-refractivity contribution in [2.75, 3.05) is 6.54 Å². The van der Waals surface area contributed by atoms with Crippen LogP contribution in [0.3, 0.4) is 0 Å². The highest BCUT2D eigenvalue weighted by Crippen LogP contribution is 2.22. The topological polar surface area (TPSA) is 26.0 Å². The van der Waals surface area contributed by atoms with E-state index in [0.29, 0.717) is 16.6 Å². The summed E-state index contributed by atoms with van der Waals surface area (Å²) in [5.74, 6) is 0. The monoisotopic (exact) mass is 233 g/mol. The van der Waals surface area contributed by atoms with Crippen LogP contribution < -0.4 is 5.73 Å². The maximum Gasteiger partial charge on any atom is 0.0595 e. The molecule has 1 nitrogen and oxygen atoms in total. The minimum absolute atomic E-state index is 0.605. The molecule has 0 saturated heterocycles. The van der Waals surface area contributed by atoms with E-state index in [4.69, 9.17) is 28.9 Å². The molecule has 0 saturated carbocycles. The smallest absolute Gasteiger partial charge is 0.0595 e. The van der Waals surface area contributed by atoms with Gasteiger partial charge in [-0.3, -0.25) is 0 Å². The van der Waals surface area contributed by atoms with Crippen LogP contribution in [0.5, 0.6) is 0 Å². The summed E-state index contributed by atoms with van der Waals surface area (Å²) in [5.41, 5.74) is 6.57. The summed E-state index contributed by atoms with van der Waals surface area (Å²) in [4.78, 5) is 0. The van der Waals surface area contributed by atoms with Crippen LogP contribution in [0.2, 0.25) is 10.0 Å². The molecule has 0 aromatic heterocycles. The van der Waals surface area contributed by atoms with Crippen LogP contribution in [0.25, 0.3) is 0 Å². The molecule has 2 N–H and O–H groups in total. The third-order valence-corrected chi connectivity index (χ3v) is 2.39. The van der Waals surface area contributed by atoms with Gasteiger partial charge in [-0.05, 0) is 37.1 Å². The van der Waals surface area contributed by atoms with E-state index < -0.39 is 0 Å². The van der Waals surface area contributed by atoms with Gasteiger partial charge in [0.25, 0.3) is 0 Å². The van der Waals surface area contributed by atoms with Gasteiger partial charge in [0.2, 0.25) is 0 Å². The fourth-order valence-corrected chi connectivity index (χ4v) is 1.32. The quantitative estimate of drug-likeness (QED) is 0.842. The normalized spacial score (nSPS) is 9.21. The van der Waals surface area contributed by atoms with Crippen LogP contribution in [0.15, 0.2) is 18.2 Å². The number of rotatable bonds is 3. The Balaban J connectivity index is 0.000000791. The van der Waals surface area contributed by atoms with E-state index in [1.807, 2.05) is 32.0 Å². The highest BCUT2D eigenvalue weighted by atomic mass is 35.5. The van der Waals surface area contributed by atoms with E-state index in [0.717, 1.165) is 12.8 Å². The first-order chi connectivity index (χ1) is 6.74. The average molecular weight is 234 g/mol. The molecule has 0 heterocycles. The summed E-state index contributed by atoms with van der Waals surface area (Å²) in [5, 5.41) is 1.22. The predicted molar refractivity (Wildman–Crippen MR) is 65.2 cm³/mol. The summed E-state index contributed by atoms with van der Waals surface area (Å²) in [7, 11) is 0. The Hall–Kier alpha value is -0.240. The first kappa shape index (κ1) is 13.8. The third kappa shape index (κ3) is 4.85. The van der Waals surface area contributed by atoms with Crippen molar-refractivity contribution < 1.29 is 0 Å². The van der Waals surface area contributed by atoms with Gasteiger partial charge in [-0.2, -0.15) is 0 Å². The molecule has 0 amide bonds. The second-order valence-corrected chi connectivity index (χ2v) is 3.46. The van der Waals surface area contributed by atoms with Gasteiger partial charge < -0.3 is 5.73 Å². The van der Waals surface area contributed by atoms with Crippen molar-refractivity contribution in [1.29, 1.82) is 0 Å². The molecule has 14 heavy (non-hydrogen) atoms. The number of hydrogen-bond acceptors (Lipinski definition) is 1. The molecule has 1 rings (SSSR count). The summed E-state index contributed by atoms with van der Waals surface area (Å²) in [6, 6.07) is 5.68. The Morgan fingerprint density at radius 2 is 1.79 bits per heavy atom. The lowest BCUT2D eigenvalue weighted by molar-refractivity contribution is 0.833. The van der Waals surface area contributed by atoms with E-state index in [9.17, 15) is 0 Å². The minimum Gasteiger partial charge on any atom is -0.330 e. The highest BCUT2D eigenvalue weighted by Gasteiger charge is 1.98. The second-order valence-electron chi connectivity index (χ2n) is 2.64. The zero-order valence-corrected chi connectivity index (χ0v) is 10.2. The first-order valence-corrected chi connectivity index (χ1v) is 5.63. The molecule has 0 aliphatic heterocycles. The van der Waals surface area contributed by atoms with Crippen molar-refractivity contribution in [3.05, 3.63) is 33.8 Å². The van der Waals surface area contributed by atoms with Crippen molar-refractivity contribution in [3.8, 4) is 0 Å². The van der Waals surface area contributed by atoms with Crippen molar-refractivity contribution in [2.45, 2.75) is 26.7 Å². The van der Waals surface area contributed by atoms with Gasteiger partial charge in [-0.25, -0.2) is 0 Å². The molecule has 80 valence electrons. The zero-order chi connectivity index (χ0) is 11.0. The average Bonchev–Trinajstić information content (AvgIpc) is 2.23. The standard InChI is InChI=1S/C9H11Cl2N.C2H6/c10-8-4-3-7(2-1-5-12)6-9(8)11;1-2/h3-4,6H,1-2,5,12H2;1-2H3. The molecule has 0 atom stereocenters. The number of hydrogen-bond donors (Lipinski definition) is 1. The van der Waals surface area contributed by atoms with Crippen molar-refractivity contribution in [3.63, 3.8) is 0 Å². The molecule has 0 bridgehead atoms. The molecular weight excluding hydrogens is 217 g/mol. The van der Waals surface area contributed by atoms with E-state index in [2.05, 4.69) is 0 Å². The Morgan fingerprint density at radius 3 is 2.29 bits per heavy atom. The maximum atomic E-state index is 5.83. The third-order valence-electron chi connectivity index (χ3n) is 1.65. The Kier molecular flexibility index (Phi) is 7.96. The van der Waals surface area contributed by atoms with E-state index in [-0.39, 0.29) is 0 Å². The molecule has 0 unspecified atom stereocenters. The number of aryl methyl sites for hydroxylation is 1. The van der Waals surface area contributed by atoms with Gasteiger partial charge in [0.1, 0.15) is 0 Å². The lowest BCUT2D eigenvalue weighted by Gasteiger charge is -2.01. The number of benzene rings is 1. The molecule has 0 radical (unpaired) electrons. The fraction of sp³-hybridized carbons (Fsp3) is 0.455. The van der Waals surface area contributed by atoms with Crippen LogP contribution in [0.4, 0.5) is 0 Å². The summed E-state index contributed by atoms with van der Waals surface area (Å²) in [6.45, 7) is 4.71. The van der Waals surface area contributed by atoms with Gasteiger partial charge in [0.15, 0.2) is 0 Å². The zero-order valence-electron chi connectivity index (χ0n) is 8.69. The molecule has 0 spiro atoms. The second kappa shape index (κ2) is 8.10. The fourth-order valence-electron chi connectivity index (χ4n) is 1.00. The number of nitrogens with two attached hydrogens (primary N) is 1. The molecule has 0 fully saturated rings. The maximum absolute atomic E-state index is 5.83. The van der Waals surface area contributed by atoms with Crippen LogP contribution >= 0.6 is 23.2 Å². The molecule has 1 aromatic rings. The SMILES string of the molecule is CC.NCCCc1ccc(Cl)c(Cl)c1. The van der Waals surface area contributed by atoms with Crippen molar-refractivity contribution in [2.24, 2.45) is 5.73 Å². The van der Waals surface area contributed by atoms with Gasteiger partial charge in [-0.1, -0.05) is 43.1 Å². The summed E-state index contributed by atoms with van der Waals surface area (Å²) < 4.78 is 0. The van der Waals surface area contributed by atoms with Gasteiger partial charge >= 0.3 is 0 Å². The number of halogens is 2. The van der Waals surface area contributed by atoms with Crippen molar-refractivity contribution >= 4 is 23.2 Å². The van der Waals surface area contributed by atoms with Gasteiger partial charge in [0, 0.05) is 0 Å². The van der Waals surface area contributed by atoms with Crippen LogP contribution in [-0.4, -0.2) is 6.54 Å². The lowest BCUT2D eigenvalue weighted by Crippen LogP contribution is -2.00. The van der Waals surface area contributed by atoms with Crippen molar-refractivity contribution in [1.82, 2.24) is 0 Å². The van der Waals surface area contributed by atoms with Crippen LogP contribution in [0, 0.1) is 0 Å². The predicted octanol–water partition coefficient (Wildman–Crippen LogP) is 3.91. The van der Waals surface area contributed by atoms with E-state index >= 15 is 0 Å². The summed E-state index contributed by atoms with van der Waals surface area (Å²) in [6.07, 6.45) is 1.95. The van der Waals surface area contributed by atoms with E-state index in [1.165, 1.54) is 5.56 Å². The Bertz CT molecular complexity index is 261. The van der Waals surface area contributed by atoms with Crippen LogP contribution in [0.1, 0.15) is 25.8 Å². The Labute approximate surface area is 96.2 Å². The van der Waals surface area contributed by atoms with E-state index in [1.54, 1.807) is 0 Å². The molecule has 0 aliphatic rings. The van der Waals surface area contributed by atoms with Gasteiger partial charge in [0.05, 0.1) is 10.0 Å². The summed E-state index contributed by atoms with van der Waals surface area (Å²) >= 11 is 11.6. The molecule has 3 heteroatoms. The molecule has 0 aliphatic carbocycles. The Morgan fingerprint density at radius 1 is 1.14 bits per heavy atom. The van der Waals surface area contributed by atoms with Crippen LogP contribution in [-0.2, 0) is 6.42 Å². The molecular formula is C11H17Cl2N. The minimum atomic E-state index is 0.605. The largest absolute Gasteiger partial charge is 0.330 e. The first-order valence-electron chi connectivity index (χ1n) is 4.88. The van der Waals surface area contributed by atoms with Gasteiger partial charge in [-0.15, -0.1) is 0 Å². The molecule has 1 aromatic carbocycles.